The Hall–Kier alpha value is -2.31. The third-order valence-corrected chi connectivity index (χ3v) is 3.72. The number of carbonyl (C=O) groups excluding carboxylic acids is 2. The van der Waals surface area contributed by atoms with Crippen LogP contribution in [-0.4, -0.2) is 31.1 Å². The van der Waals surface area contributed by atoms with E-state index in [0.29, 0.717) is 17.9 Å². The average molecular weight is 351 g/mol. The van der Waals surface area contributed by atoms with Gasteiger partial charge < -0.3 is 19.8 Å². The molecular formula is C17H19ClN2O4. The zero-order valence-electron chi connectivity index (χ0n) is 13.0. The molecule has 1 unspecified atom stereocenters. The van der Waals surface area contributed by atoms with Crippen LogP contribution in [-0.2, 0) is 4.74 Å². The van der Waals surface area contributed by atoms with Crippen LogP contribution >= 0.6 is 12.4 Å². The van der Waals surface area contributed by atoms with Crippen LogP contribution in [0.25, 0.3) is 0 Å². The molecule has 0 aliphatic carbocycles. The van der Waals surface area contributed by atoms with Crippen LogP contribution in [0.5, 0.6) is 0 Å². The largest absolute Gasteiger partial charge is 0.460 e. The molecule has 1 aliphatic heterocycles. The SMILES string of the molecule is Cl.O=C(Nc1ccccc1C(=O)OCC1CCCN1)c1ccco1. The Kier molecular flexibility index (Phi) is 6.40. The molecule has 0 saturated carbocycles. The quantitative estimate of drug-likeness (QED) is 0.810. The summed E-state index contributed by atoms with van der Waals surface area (Å²) < 4.78 is 10.4. The van der Waals surface area contributed by atoms with Gasteiger partial charge in [-0.3, -0.25) is 4.79 Å². The van der Waals surface area contributed by atoms with E-state index in [1.807, 2.05) is 0 Å². The zero-order chi connectivity index (χ0) is 16.1. The molecular weight excluding hydrogens is 332 g/mol. The van der Waals surface area contributed by atoms with Crippen molar-refractivity contribution in [2.45, 2.75) is 18.9 Å². The summed E-state index contributed by atoms with van der Waals surface area (Å²) >= 11 is 0. The van der Waals surface area contributed by atoms with E-state index in [4.69, 9.17) is 9.15 Å². The van der Waals surface area contributed by atoms with Crippen molar-refractivity contribution in [3.05, 3.63) is 54.0 Å². The number of furan rings is 1. The van der Waals surface area contributed by atoms with Crippen molar-refractivity contribution in [2.75, 3.05) is 18.5 Å². The van der Waals surface area contributed by atoms with E-state index in [1.165, 1.54) is 6.26 Å². The number of para-hydroxylation sites is 1. The van der Waals surface area contributed by atoms with Gasteiger partial charge in [-0.2, -0.15) is 0 Å². The summed E-state index contributed by atoms with van der Waals surface area (Å²) in [4.78, 5) is 24.3. The number of carbonyl (C=O) groups is 2. The summed E-state index contributed by atoms with van der Waals surface area (Å²) in [5.74, 6) is -0.676. The fourth-order valence-corrected chi connectivity index (χ4v) is 2.51. The van der Waals surface area contributed by atoms with Gasteiger partial charge in [-0.25, -0.2) is 4.79 Å². The topological polar surface area (TPSA) is 80.6 Å². The summed E-state index contributed by atoms with van der Waals surface area (Å²) in [5, 5.41) is 5.94. The lowest BCUT2D eigenvalue weighted by Gasteiger charge is -2.13. The molecule has 1 atom stereocenters. The lowest BCUT2D eigenvalue weighted by molar-refractivity contribution is 0.0474. The van der Waals surface area contributed by atoms with Crippen LogP contribution < -0.4 is 10.6 Å². The van der Waals surface area contributed by atoms with Crippen molar-refractivity contribution in [1.29, 1.82) is 0 Å². The molecule has 3 rings (SSSR count). The average Bonchev–Trinajstić information content (AvgIpc) is 3.26. The van der Waals surface area contributed by atoms with Crippen LogP contribution in [0.1, 0.15) is 33.8 Å². The Morgan fingerprint density at radius 1 is 1.25 bits per heavy atom. The number of hydrogen-bond donors (Lipinski definition) is 2. The van der Waals surface area contributed by atoms with E-state index >= 15 is 0 Å². The molecule has 2 heterocycles. The second-order valence-electron chi connectivity index (χ2n) is 5.37. The lowest BCUT2D eigenvalue weighted by atomic mass is 10.1. The third kappa shape index (κ3) is 4.37. The lowest BCUT2D eigenvalue weighted by Crippen LogP contribution is -2.28. The zero-order valence-corrected chi connectivity index (χ0v) is 13.8. The van der Waals surface area contributed by atoms with Crippen molar-refractivity contribution < 1.29 is 18.7 Å². The fourth-order valence-electron chi connectivity index (χ4n) is 2.51. The van der Waals surface area contributed by atoms with Crippen LogP contribution in [0.15, 0.2) is 47.1 Å². The number of ether oxygens (including phenoxy) is 1. The maximum absolute atomic E-state index is 12.3. The maximum Gasteiger partial charge on any atom is 0.340 e. The number of halogens is 1. The standard InChI is InChI=1S/C17H18N2O4.ClH/c20-16(15-8-4-10-22-15)19-14-7-2-1-6-13(14)17(21)23-11-12-5-3-9-18-12;/h1-2,4,6-8,10,12,18H,3,5,9,11H2,(H,19,20);1H. The molecule has 1 fully saturated rings. The minimum atomic E-state index is -0.450. The molecule has 2 aromatic rings. The molecule has 6 nitrogen and oxygen atoms in total. The molecule has 2 N–H and O–H groups in total. The van der Waals surface area contributed by atoms with Gasteiger partial charge in [-0.1, -0.05) is 12.1 Å². The maximum atomic E-state index is 12.3. The van der Waals surface area contributed by atoms with Crippen molar-refractivity contribution >= 4 is 30.0 Å². The molecule has 1 saturated heterocycles. The Morgan fingerprint density at radius 3 is 2.79 bits per heavy atom. The predicted octanol–water partition coefficient (Wildman–Crippen LogP) is 2.86. The van der Waals surface area contributed by atoms with Gasteiger partial charge >= 0.3 is 5.97 Å². The molecule has 7 heteroatoms. The van der Waals surface area contributed by atoms with Gasteiger partial charge in [0.05, 0.1) is 17.5 Å². The van der Waals surface area contributed by atoms with Crippen LogP contribution in [0.4, 0.5) is 5.69 Å². The number of anilines is 1. The molecule has 0 bridgehead atoms. The Balaban J connectivity index is 0.00000208. The minimum absolute atomic E-state index is 0. The Morgan fingerprint density at radius 2 is 2.08 bits per heavy atom. The number of nitrogens with one attached hydrogen (secondary N) is 2. The summed E-state index contributed by atoms with van der Waals surface area (Å²) in [6, 6.07) is 10.2. The number of amides is 1. The Bertz CT molecular complexity index is 682. The van der Waals surface area contributed by atoms with Crippen LogP contribution in [0, 0.1) is 0 Å². The molecule has 128 valence electrons. The summed E-state index contributed by atoms with van der Waals surface area (Å²) in [5.41, 5.74) is 0.726. The fraction of sp³-hybridized carbons (Fsp3) is 0.294. The summed E-state index contributed by atoms with van der Waals surface area (Å²) in [6.07, 6.45) is 3.52. The smallest absolute Gasteiger partial charge is 0.340 e. The van der Waals surface area contributed by atoms with E-state index in [2.05, 4.69) is 10.6 Å². The number of esters is 1. The first-order valence-corrected chi connectivity index (χ1v) is 7.58. The second-order valence-corrected chi connectivity index (χ2v) is 5.37. The van der Waals surface area contributed by atoms with Crippen LogP contribution in [0.3, 0.4) is 0 Å². The van der Waals surface area contributed by atoms with Gasteiger partial charge in [-0.15, -0.1) is 12.4 Å². The number of hydrogen-bond acceptors (Lipinski definition) is 5. The van der Waals surface area contributed by atoms with Gasteiger partial charge in [-0.05, 0) is 43.7 Å². The molecule has 0 spiro atoms. The first-order valence-electron chi connectivity index (χ1n) is 7.58. The van der Waals surface area contributed by atoms with E-state index < -0.39 is 11.9 Å². The van der Waals surface area contributed by atoms with Crippen molar-refractivity contribution in [3.8, 4) is 0 Å². The second kappa shape index (κ2) is 8.52. The highest BCUT2D eigenvalue weighted by Gasteiger charge is 2.19. The van der Waals surface area contributed by atoms with Gasteiger partial charge in [0.1, 0.15) is 6.61 Å². The van der Waals surface area contributed by atoms with Gasteiger partial charge in [0, 0.05) is 6.04 Å². The molecule has 1 amide bonds. The number of benzene rings is 1. The van der Waals surface area contributed by atoms with Gasteiger partial charge in [0.15, 0.2) is 5.76 Å². The first-order chi connectivity index (χ1) is 11.2. The molecule has 0 radical (unpaired) electrons. The van der Waals surface area contributed by atoms with Crippen molar-refractivity contribution in [2.24, 2.45) is 0 Å². The van der Waals surface area contributed by atoms with E-state index in [0.717, 1.165) is 19.4 Å². The van der Waals surface area contributed by atoms with E-state index in [-0.39, 0.29) is 24.2 Å². The molecule has 24 heavy (non-hydrogen) atoms. The van der Waals surface area contributed by atoms with Crippen LogP contribution in [0.2, 0.25) is 0 Å². The number of rotatable bonds is 5. The molecule has 1 aliphatic rings. The molecule has 1 aromatic heterocycles. The predicted molar refractivity (Wildman–Crippen MR) is 91.7 cm³/mol. The Labute approximate surface area is 146 Å². The summed E-state index contributed by atoms with van der Waals surface area (Å²) in [6.45, 7) is 1.29. The third-order valence-electron chi connectivity index (χ3n) is 3.72. The monoisotopic (exact) mass is 350 g/mol. The first kappa shape index (κ1) is 18.0. The van der Waals surface area contributed by atoms with E-state index in [1.54, 1.807) is 36.4 Å². The minimum Gasteiger partial charge on any atom is -0.460 e. The highest BCUT2D eigenvalue weighted by molar-refractivity contribution is 6.06. The molecule has 1 aromatic carbocycles. The van der Waals surface area contributed by atoms with Gasteiger partial charge in [0.25, 0.3) is 5.91 Å². The summed E-state index contributed by atoms with van der Waals surface area (Å²) in [7, 11) is 0. The highest BCUT2D eigenvalue weighted by Crippen LogP contribution is 2.18. The normalized spacial score (nSPS) is 16.2. The van der Waals surface area contributed by atoms with Gasteiger partial charge in [0.2, 0.25) is 0 Å². The highest BCUT2D eigenvalue weighted by atomic mass is 35.5. The van der Waals surface area contributed by atoms with E-state index in [9.17, 15) is 9.59 Å². The van der Waals surface area contributed by atoms with Crippen molar-refractivity contribution in [3.63, 3.8) is 0 Å². The van der Waals surface area contributed by atoms with Crippen molar-refractivity contribution in [1.82, 2.24) is 5.32 Å².